The molecule has 6 nitrogen and oxygen atoms in total. The molecule has 4 atom stereocenters. The van der Waals surface area contributed by atoms with Crippen LogP contribution in [-0.4, -0.2) is 44.5 Å². The van der Waals surface area contributed by atoms with E-state index in [1.54, 1.807) is 0 Å². The summed E-state index contributed by atoms with van der Waals surface area (Å²) in [5.41, 5.74) is 1.69. The maximum Gasteiger partial charge on any atom is 0.416 e. The third-order valence-electron chi connectivity index (χ3n) is 9.19. The number of hydrogen-bond acceptors (Lipinski definition) is 4. The van der Waals surface area contributed by atoms with E-state index in [0.717, 1.165) is 73.1 Å². The van der Waals surface area contributed by atoms with E-state index in [4.69, 9.17) is 0 Å². The van der Waals surface area contributed by atoms with E-state index in [1.807, 2.05) is 12.1 Å². The van der Waals surface area contributed by atoms with Crippen LogP contribution in [0.5, 0.6) is 0 Å². The maximum absolute atomic E-state index is 13.9. The number of piperidine rings is 1. The molecule has 44 heavy (non-hydrogen) atoms. The second-order valence-electron chi connectivity index (χ2n) is 12.3. The predicted octanol–water partition coefficient (Wildman–Crippen LogP) is 6.51. The summed E-state index contributed by atoms with van der Waals surface area (Å²) in [4.78, 5) is 14.3. The molecule has 2 aromatic carbocycles. The van der Waals surface area contributed by atoms with E-state index in [1.165, 1.54) is 36.8 Å². The van der Waals surface area contributed by atoms with Gasteiger partial charge < -0.3 is 5.32 Å². The Labute approximate surface area is 253 Å². The Morgan fingerprint density at radius 2 is 1.68 bits per heavy atom. The van der Waals surface area contributed by atoms with Gasteiger partial charge in [-0.05, 0) is 85.4 Å². The molecule has 0 radical (unpaired) electrons. The Balaban J connectivity index is 1.23. The van der Waals surface area contributed by atoms with Crippen LogP contribution in [0.2, 0.25) is 0 Å². The van der Waals surface area contributed by atoms with Crippen molar-refractivity contribution >= 4 is 15.9 Å². The number of rotatable bonds is 8. The van der Waals surface area contributed by atoms with Gasteiger partial charge in [0.25, 0.3) is 0 Å². The molecule has 242 valence electrons. The highest BCUT2D eigenvalue weighted by molar-refractivity contribution is 7.89. The maximum atomic E-state index is 13.9. The Hall–Kier alpha value is -2.64. The van der Waals surface area contributed by atoms with Crippen molar-refractivity contribution in [3.63, 3.8) is 0 Å². The van der Waals surface area contributed by atoms with Gasteiger partial charge in [-0.15, -0.1) is 0 Å². The monoisotopic (exact) mass is 645 g/mol. The largest absolute Gasteiger partial charge is 0.416 e. The zero-order valence-electron chi connectivity index (χ0n) is 24.2. The molecule has 0 bridgehead atoms. The fourth-order valence-corrected chi connectivity index (χ4v) is 8.22. The molecule has 2 aromatic rings. The molecule has 0 spiro atoms. The summed E-state index contributed by atoms with van der Waals surface area (Å²) in [5, 5.41) is 2.63. The second-order valence-corrected chi connectivity index (χ2v) is 14.0. The highest BCUT2D eigenvalue weighted by Gasteiger charge is 2.44. The minimum absolute atomic E-state index is 0.251. The third-order valence-corrected chi connectivity index (χ3v) is 10.7. The summed E-state index contributed by atoms with van der Waals surface area (Å²) >= 11 is 0. The molecule has 3 aliphatic rings. The number of nitrogens with zero attached hydrogens (tertiary/aromatic N) is 1. The summed E-state index contributed by atoms with van der Waals surface area (Å²) < 4.78 is 107. The number of likely N-dealkylation sites (tertiary alicyclic amines) is 1. The van der Waals surface area contributed by atoms with Crippen molar-refractivity contribution in [2.24, 2.45) is 11.8 Å². The number of amides is 1. The number of nitrogens with one attached hydrogen (secondary N) is 2. The zero-order chi connectivity index (χ0) is 31.7. The molecule has 1 saturated carbocycles. The summed E-state index contributed by atoms with van der Waals surface area (Å²) in [6.45, 7) is 2.99. The van der Waals surface area contributed by atoms with Crippen molar-refractivity contribution in [2.75, 3.05) is 13.1 Å². The predicted molar refractivity (Wildman–Crippen MR) is 152 cm³/mol. The van der Waals surface area contributed by atoms with Crippen LogP contribution in [0.4, 0.5) is 26.3 Å². The molecule has 5 rings (SSSR count). The number of carbonyl (C=O) groups excluding carboxylic acids is 1. The van der Waals surface area contributed by atoms with Crippen LogP contribution in [0.3, 0.4) is 0 Å². The van der Waals surface area contributed by atoms with Gasteiger partial charge in [-0.1, -0.05) is 43.5 Å². The van der Waals surface area contributed by atoms with Crippen molar-refractivity contribution in [1.29, 1.82) is 0 Å². The van der Waals surface area contributed by atoms with E-state index in [-0.39, 0.29) is 6.07 Å². The van der Waals surface area contributed by atoms with E-state index in [2.05, 4.69) is 16.3 Å². The molecule has 1 saturated heterocycles. The molecule has 1 amide bonds. The number of benzene rings is 2. The SMILES string of the molecule is O=C(C[C@@H](NS(=O)(=O)c1cccc(C(F)(F)F)c1)C(F)(F)F)N[C@@H]1CCCc2cc(CN3CC[C@H]4CCCC[C@H]4C3)ccc21. The summed E-state index contributed by atoms with van der Waals surface area (Å²) in [6.07, 6.45) is -2.84. The minimum atomic E-state index is -5.17. The smallest absolute Gasteiger partial charge is 0.349 e. The van der Waals surface area contributed by atoms with Crippen LogP contribution in [0, 0.1) is 11.8 Å². The molecular weight excluding hydrogens is 608 g/mol. The number of alkyl halides is 6. The lowest BCUT2D eigenvalue weighted by Crippen LogP contribution is -2.48. The van der Waals surface area contributed by atoms with Gasteiger partial charge in [-0.25, -0.2) is 8.42 Å². The molecule has 13 heteroatoms. The standard InChI is InChI=1S/C31H37F6N3O3S/c32-30(33,34)24-8-4-9-25(16-24)44(42,43)39-28(31(35,36)37)17-29(41)38-27-10-3-7-22-15-20(11-12-26(22)27)18-40-14-13-21-5-1-2-6-23(21)19-40/h4,8-9,11-12,15-16,21,23,27-28,39H,1-3,5-7,10,13-14,17-19H2,(H,38,41)/t21-,23+,27-,28-/m1/s1. The number of fused-ring (bicyclic) bond motifs is 2. The summed E-state index contributed by atoms with van der Waals surface area (Å²) in [6, 6.07) is 5.07. The van der Waals surface area contributed by atoms with E-state index in [0.29, 0.717) is 12.5 Å². The third kappa shape index (κ3) is 7.95. The number of sulfonamides is 1. The Kier molecular flexibility index (Phi) is 9.67. The van der Waals surface area contributed by atoms with Crippen LogP contribution in [0.15, 0.2) is 47.4 Å². The lowest BCUT2D eigenvalue weighted by atomic mass is 9.75. The zero-order valence-corrected chi connectivity index (χ0v) is 25.0. The number of aryl methyl sites for hydroxylation is 1. The molecule has 2 fully saturated rings. The average Bonchev–Trinajstić information content (AvgIpc) is 2.96. The van der Waals surface area contributed by atoms with Gasteiger partial charge in [-0.3, -0.25) is 9.69 Å². The lowest BCUT2D eigenvalue weighted by Gasteiger charge is -2.41. The lowest BCUT2D eigenvalue weighted by molar-refractivity contribution is -0.158. The van der Waals surface area contributed by atoms with Gasteiger partial charge in [0.15, 0.2) is 0 Å². The molecule has 0 unspecified atom stereocenters. The molecule has 2 aliphatic carbocycles. The van der Waals surface area contributed by atoms with Crippen LogP contribution >= 0.6 is 0 Å². The average molecular weight is 646 g/mol. The topological polar surface area (TPSA) is 78.5 Å². The minimum Gasteiger partial charge on any atom is -0.349 e. The van der Waals surface area contributed by atoms with Gasteiger partial charge in [0, 0.05) is 13.1 Å². The fourth-order valence-electron chi connectivity index (χ4n) is 6.95. The van der Waals surface area contributed by atoms with Gasteiger partial charge in [0.05, 0.1) is 22.9 Å². The number of halogens is 6. The van der Waals surface area contributed by atoms with Gasteiger partial charge in [0.2, 0.25) is 15.9 Å². The first-order valence-corrected chi connectivity index (χ1v) is 16.6. The fraction of sp³-hybridized carbons (Fsp3) is 0.581. The summed E-state index contributed by atoms with van der Waals surface area (Å²) in [5.74, 6) is 0.571. The molecule has 1 aliphatic heterocycles. The number of carbonyl (C=O) groups is 1. The quantitative estimate of drug-likeness (QED) is 0.321. The Bertz CT molecular complexity index is 1450. The van der Waals surface area contributed by atoms with Crippen LogP contribution in [0.25, 0.3) is 0 Å². The van der Waals surface area contributed by atoms with Crippen molar-refractivity contribution in [3.8, 4) is 0 Å². The first-order chi connectivity index (χ1) is 20.7. The van der Waals surface area contributed by atoms with Gasteiger partial charge >= 0.3 is 12.4 Å². The van der Waals surface area contributed by atoms with Crippen LogP contribution < -0.4 is 10.0 Å². The van der Waals surface area contributed by atoms with E-state index >= 15 is 0 Å². The first kappa shape index (κ1) is 32.7. The normalized spacial score (nSPS) is 23.8. The van der Waals surface area contributed by atoms with Crippen molar-refractivity contribution in [1.82, 2.24) is 14.9 Å². The Morgan fingerprint density at radius 1 is 0.932 bits per heavy atom. The highest BCUT2D eigenvalue weighted by Crippen LogP contribution is 2.37. The molecule has 1 heterocycles. The van der Waals surface area contributed by atoms with Crippen molar-refractivity contribution in [3.05, 3.63) is 64.7 Å². The van der Waals surface area contributed by atoms with Gasteiger partial charge in [-0.2, -0.15) is 31.1 Å². The highest BCUT2D eigenvalue weighted by atomic mass is 32.2. The van der Waals surface area contributed by atoms with Gasteiger partial charge in [0.1, 0.15) is 6.04 Å². The van der Waals surface area contributed by atoms with Crippen molar-refractivity contribution in [2.45, 2.75) is 93.7 Å². The van der Waals surface area contributed by atoms with E-state index < -0.39 is 57.2 Å². The second kappa shape index (κ2) is 13.0. The Morgan fingerprint density at radius 3 is 2.41 bits per heavy atom. The first-order valence-electron chi connectivity index (χ1n) is 15.1. The number of hydrogen-bond donors (Lipinski definition) is 2. The van der Waals surface area contributed by atoms with E-state index in [9.17, 15) is 39.6 Å². The van der Waals surface area contributed by atoms with Crippen LogP contribution in [-0.2, 0) is 34.0 Å². The molecule has 2 N–H and O–H groups in total. The van der Waals surface area contributed by atoms with Crippen molar-refractivity contribution < 1.29 is 39.6 Å². The molecular formula is C31H37F6N3O3S. The molecule has 0 aromatic heterocycles. The summed E-state index contributed by atoms with van der Waals surface area (Å²) in [7, 11) is -5.03. The van der Waals surface area contributed by atoms with Crippen LogP contribution in [0.1, 0.15) is 79.7 Å².